The molecule has 1 N–H and O–H groups in total. The van der Waals surface area contributed by atoms with Crippen LogP contribution in [0.1, 0.15) is 21.8 Å². The number of aryl methyl sites for hydroxylation is 1. The fourth-order valence-corrected chi connectivity index (χ4v) is 3.55. The molecule has 3 aromatic rings. The number of amides is 1. The predicted molar refractivity (Wildman–Crippen MR) is 107 cm³/mol. The highest BCUT2D eigenvalue weighted by atomic mass is 32.1. The van der Waals surface area contributed by atoms with Crippen molar-refractivity contribution >= 4 is 22.9 Å². The molecule has 0 aliphatic carbocycles. The smallest absolute Gasteiger partial charge is 0.231 e. The number of carbonyl (C=O) groups excluding carboxylic acids is 1. The molecule has 0 saturated carbocycles. The largest absolute Gasteiger partial charge is 0.326 e. The van der Waals surface area contributed by atoms with Gasteiger partial charge in [0.1, 0.15) is 10.8 Å². The molecule has 4 nitrogen and oxygen atoms in total. The minimum Gasteiger partial charge on any atom is -0.326 e. The van der Waals surface area contributed by atoms with Crippen LogP contribution in [0.4, 0.5) is 10.1 Å². The van der Waals surface area contributed by atoms with Gasteiger partial charge in [0, 0.05) is 24.2 Å². The van der Waals surface area contributed by atoms with E-state index in [0.717, 1.165) is 27.5 Å². The summed E-state index contributed by atoms with van der Waals surface area (Å²) in [6, 6.07) is 14.3. The van der Waals surface area contributed by atoms with Crippen LogP contribution in [0.15, 0.2) is 53.9 Å². The Labute approximate surface area is 162 Å². The van der Waals surface area contributed by atoms with Gasteiger partial charge in [0.15, 0.2) is 0 Å². The van der Waals surface area contributed by atoms with Crippen molar-refractivity contribution in [2.24, 2.45) is 0 Å². The Morgan fingerprint density at radius 2 is 1.96 bits per heavy atom. The lowest BCUT2D eigenvalue weighted by molar-refractivity contribution is -0.115. The monoisotopic (exact) mass is 383 g/mol. The second-order valence-electron chi connectivity index (χ2n) is 6.63. The van der Waals surface area contributed by atoms with Gasteiger partial charge >= 0.3 is 0 Å². The molecule has 27 heavy (non-hydrogen) atoms. The van der Waals surface area contributed by atoms with Crippen LogP contribution in [0.3, 0.4) is 0 Å². The maximum atomic E-state index is 13.3. The Hall–Kier alpha value is -2.57. The van der Waals surface area contributed by atoms with E-state index in [1.165, 1.54) is 17.4 Å². The average molecular weight is 383 g/mol. The quantitative estimate of drug-likeness (QED) is 0.658. The average Bonchev–Trinajstić information content (AvgIpc) is 3.03. The van der Waals surface area contributed by atoms with Crippen molar-refractivity contribution in [2.45, 2.75) is 26.4 Å². The van der Waals surface area contributed by atoms with Crippen molar-refractivity contribution in [3.63, 3.8) is 0 Å². The minimum absolute atomic E-state index is 0.0760. The number of thiazole rings is 1. The molecule has 0 bridgehead atoms. The predicted octanol–water partition coefficient (Wildman–Crippen LogP) is 4.40. The number of nitrogens with zero attached hydrogens (tertiary/aromatic N) is 2. The topological polar surface area (TPSA) is 45.2 Å². The van der Waals surface area contributed by atoms with Gasteiger partial charge in [-0.3, -0.25) is 9.69 Å². The van der Waals surface area contributed by atoms with Crippen molar-refractivity contribution in [1.82, 2.24) is 9.88 Å². The first-order chi connectivity index (χ1) is 13.0. The van der Waals surface area contributed by atoms with Gasteiger partial charge in [-0.1, -0.05) is 29.8 Å². The zero-order valence-corrected chi connectivity index (χ0v) is 16.2. The van der Waals surface area contributed by atoms with Crippen LogP contribution in [-0.2, 0) is 24.3 Å². The molecule has 0 fully saturated rings. The Kier molecular flexibility index (Phi) is 6.32. The first-order valence-corrected chi connectivity index (χ1v) is 9.59. The van der Waals surface area contributed by atoms with Gasteiger partial charge in [-0.15, -0.1) is 11.3 Å². The van der Waals surface area contributed by atoms with Crippen LogP contribution in [-0.4, -0.2) is 22.8 Å². The van der Waals surface area contributed by atoms with Crippen molar-refractivity contribution < 1.29 is 9.18 Å². The molecule has 0 unspecified atom stereocenters. The highest BCUT2D eigenvalue weighted by Gasteiger charge is 2.10. The number of hydrogen-bond donors (Lipinski definition) is 1. The summed E-state index contributed by atoms with van der Waals surface area (Å²) in [6.45, 7) is 3.29. The van der Waals surface area contributed by atoms with Crippen molar-refractivity contribution in [1.29, 1.82) is 0 Å². The van der Waals surface area contributed by atoms with Gasteiger partial charge < -0.3 is 5.32 Å². The summed E-state index contributed by atoms with van der Waals surface area (Å²) < 4.78 is 13.3. The molecule has 140 valence electrons. The number of nitrogens with one attached hydrogen (secondary N) is 1. The van der Waals surface area contributed by atoms with E-state index in [0.29, 0.717) is 13.1 Å². The van der Waals surface area contributed by atoms with Crippen molar-refractivity contribution in [2.75, 3.05) is 12.4 Å². The lowest BCUT2D eigenvalue weighted by Gasteiger charge is -2.15. The lowest BCUT2D eigenvalue weighted by atomic mass is 10.2. The molecule has 0 radical (unpaired) electrons. The van der Waals surface area contributed by atoms with E-state index in [-0.39, 0.29) is 18.1 Å². The Balaban J connectivity index is 1.51. The van der Waals surface area contributed by atoms with Crippen LogP contribution in [0.25, 0.3) is 0 Å². The van der Waals surface area contributed by atoms with Gasteiger partial charge in [-0.05, 0) is 43.8 Å². The van der Waals surface area contributed by atoms with E-state index in [1.807, 2.05) is 49.7 Å². The molecule has 0 spiro atoms. The number of carbonyl (C=O) groups is 1. The van der Waals surface area contributed by atoms with Crippen LogP contribution in [0.2, 0.25) is 0 Å². The Morgan fingerprint density at radius 1 is 1.19 bits per heavy atom. The van der Waals surface area contributed by atoms with Crippen LogP contribution in [0, 0.1) is 12.7 Å². The molecule has 2 aromatic carbocycles. The van der Waals surface area contributed by atoms with Crippen LogP contribution < -0.4 is 5.32 Å². The number of halogens is 1. The van der Waals surface area contributed by atoms with E-state index in [9.17, 15) is 9.18 Å². The molecule has 1 aromatic heterocycles. The van der Waals surface area contributed by atoms with E-state index < -0.39 is 0 Å². The third-order valence-electron chi connectivity index (χ3n) is 4.02. The standard InChI is InChI=1S/C21H22FN3OS/c1-15-6-8-18(9-7-15)23-20(26)11-21-24-19(14-27-21)13-25(2)12-16-4-3-5-17(22)10-16/h3-10,14H,11-13H2,1-2H3,(H,23,26). The summed E-state index contributed by atoms with van der Waals surface area (Å²) in [5.74, 6) is -0.302. The van der Waals surface area contributed by atoms with Gasteiger partial charge in [-0.2, -0.15) is 0 Å². The summed E-state index contributed by atoms with van der Waals surface area (Å²) in [5, 5.41) is 5.64. The summed E-state index contributed by atoms with van der Waals surface area (Å²) >= 11 is 1.48. The highest BCUT2D eigenvalue weighted by molar-refractivity contribution is 7.09. The van der Waals surface area contributed by atoms with Gasteiger partial charge in [0.25, 0.3) is 0 Å². The second kappa shape index (κ2) is 8.88. The SMILES string of the molecule is Cc1ccc(NC(=O)Cc2nc(CN(C)Cc3cccc(F)c3)cs2)cc1. The zero-order chi connectivity index (χ0) is 19.2. The third kappa shape index (κ3) is 5.98. The van der Waals surface area contributed by atoms with E-state index in [2.05, 4.69) is 15.2 Å². The second-order valence-corrected chi connectivity index (χ2v) is 7.57. The summed E-state index contributed by atoms with van der Waals surface area (Å²) in [6.07, 6.45) is 0.256. The van der Waals surface area contributed by atoms with Gasteiger partial charge in [0.05, 0.1) is 12.1 Å². The Bertz CT molecular complexity index is 908. The molecular formula is C21H22FN3OS. The molecule has 0 atom stereocenters. The van der Waals surface area contributed by atoms with Crippen molar-refractivity contribution in [3.05, 3.63) is 81.6 Å². The first-order valence-electron chi connectivity index (χ1n) is 8.71. The lowest BCUT2D eigenvalue weighted by Crippen LogP contribution is -2.18. The highest BCUT2D eigenvalue weighted by Crippen LogP contribution is 2.15. The number of rotatable bonds is 7. The summed E-state index contributed by atoms with van der Waals surface area (Å²) in [7, 11) is 1.97. The first kappa shape index (κ1) is 19.2. The maximum Gasteiger partial charge on any atom is 0.231 e. The maximum absolute atomic E-state index is 13.3. The van der Waals surface area contributed by atoms with Crippen LogP contribution in [0.5, 0.6) is 0 Å². The molecule has 6 heteroatoms. The number of anilines is 1. The zero-order valence-electron chi connectivity index (χ0n) is 15.4. The molecule has 3 rings (SSSR count). The van der Waals surface area contributed by atoms with E-state index in [1.54, 1.807) is 12.1 Å². The van der Waals surface area contributed by atoms with Gasteiger partial charge in [0.2, 0.25) is 5.91 Å². The number of benzene rings is 2. The van der Waals surface area contributed by atoms with E-state index >= 15 is 0 Å². The molecule has 0 aliphatic heterocycles. The third-order valence-corrected chi connectivity index (χ3v) is 4.92. The molecule has 1 heterocycles. The fraction of sp³-hybridized carbons (Fsp3) is 0.238. The molecular weight excluding hydrogens is 361 g/mol. The van der Waals surface area contributed by atoms with E-state index in [4.69, 9.17) is 0 Å². The minimum atomic E-state index is -0.226. The normalized spacial score (nSPS) is 11.0. The summed E-state index contributed by atoms with van der Waals surface area (Å²) in [5.41, 5.74) is 3.78. The Morgan fingerprint density at radius 3 is 2.70 bits per heavy atom. The van der Waals surface area contributed by atoms with Crippen LogP contribution >= 0.6 is 11.3 Å². The van der Waals surface area contributed by atoms with Crippen molar-refractivity contribution in [3.8, 4) is 0 Å². The summed E-state index contributed by atoms with van der Waals surface area (Å²) in [4.78, 5) is 18.8. The number of aromatic nitrogens is 1. The number of hydrogen-bond acceptors (Lipinski definition) is 4. The molecule has 0 saturated heterocycles. The molecule has 1 amide bonds. The molecule has 0 aliphatic rings. The fourth-order valence-electron chi connectivity index (χ4n) is 2.76. The van der Waals surface area contributed by atoms with Gasteiger partial charge in [-0.25, -0.2) is 9.37 Å².